The second-order valence-electron chi connectivity index (χ2n) is 4.93. The SMILES string of the molecule is CCOC(=O)CCCCCN1CCC(C(=O)OC)C1. The van der Waals surface area contributed by atoms with Gasteiger partial charge in [-0.1, -0.05) is 6.42 Å². The average molecular weight is 271 g/mol. The van der Waals surface area contributed by atoms with Gasteiger partial charge in [0.2, 0.25) is 0 Å². The van der Waals surface area contributed by atoms with Crippen molar-refractivity contribution < 1.29 is 19.1 Å². The molecule has 0 aromatic rings. The number of hydrogen-bond donors (Lipinski definition) is 0. The van der Waals surface area contributed by atoms with Crippen molar-refractivity contribution in [2.75, 3.05) is 33.4 Å². The summed E-state index contributed by atoms with van der Waals surface area (Å²) in [6.45, 7) is 5.06. The van der Waals surface area contributed by atoms with Crippen LogP contribution in [0.4, 0.5) is 0 Å². The predicted molar refractivity (Wildman–Crippen MR) is 71.7 cm³/mol. The molecule has 0 spiro atoms. The van der Waals surface area contributed by atoms with Crippen LogP contribution in [0.15, 0.2) is 0 Å². The van der Waals surface area contributed by atoms with Gasteiger partial charge in [-0.15, -0.1) is 0 Å². The van der Waals surface area contributed by atoms with Gasteiger partial charge in [0.15, 0.2) is 0 Å². The van der Waals surface area contributed by atoms with Gasteiger partial charge in [-0.3, -0.25) is 9.59 Å². The fourth-order valence-corrected chi connectivity index (χ4v) is 2.41. The minimum absolute atomic E-state index is 0.0459. The molecule has 1 rings (SSSR count). The third-order valence-electron chi connectivity index (χ3n) is 3.47. The van der Waals surface area contributed by atoms with Crippen LogP contribution < -0.4 is 0 Å². The zero-order valence-corrected chi connectivity index (χ0v) is 12.0. The van der Waals surface area contributed by atoms with E-state index in [1.807, 2.05) is 6.92 Å². The number of unbranched alkanes of at least 4 members (excludes halogenated alkanes) is 2. The number of likely N-dealkylation sites (tertiary alicyclic amines) is 1. The summed E-state index contributed by atoms with van der Waals surface area (Å²) in [5.41, 5.74) is 0. The third-order valence-corrected chi connectivity index (χ3v) is 3.47. The van der Waals surface area contributed by atoms with Crippen molar-refractivity contribution in [1.29, 1.82) is 0 Å². The number of rotatable bonds is 8. The van der Waals surface area contributed by atoms with Crippen molar-refractivity contribution in [2.45, 2.75) is 39.0 Å². The normalized spacial score (nSPS) is 19.4. The summed E-state index contributed by atoms with van der Waals surface area (Å²) in [5, 5.41) is 0. The topological polar surface area (TPSA) is 55.8 Å². The van der Waals surface area contributed by atoms with Crippen molar-refractivity contribution >= 4 is 11.9 Å². The minimum atomic E-state index is -0.102. The van der Waals surface area contributed by atoms with E-state index in [-0.39, 0.29) is 17.9 Å². The minimum Gasteiger partial charge on any atom is -0.469 e. The van der Waals surface area contributed by atoms with E-state index in [0.29, 0.717) is 13.0 Å². The molecule has 0 radical (unpaired) electrons. The average Bonchev–Trinajstić information content (AvgIpc) is 2.86. The van der Waals surface area contributed by atoms with Crippen LogP contribution in [0.1, 0.15) is 39.0 Å². The molecule has 5 nitrogen and oxygen atoms in total. The molecule has 0 saturated carbocycles. The molecule has 1 heterocycles. The lowest BCUT2D eigenvalue weighted by atomic mass is 10.1. The summed E-state index contributed by atoms with van der Waals surface area (Å²) >= 11 is 0. The molecule has 1 saturated heterocycles. The van der Waals surface area contributed by atoms with Crippen LogP contribution in [0.25, 0.3) is 0 Å². The smallest absolute Gasteiger partial charge is 0.310 e. The second-order valence-corrected chi connectivity index (χ2v) is 4.93. The first-order valence-electron chi connectivity index (χ1n) is 7.13. The van der Waals surface area contributed by atoms with E-state index < -0.39 is 0 Å². The molecule has 110 valence electrons. The molecular weight excluding hydrogens is 246 g/mol. The first kappa shape index (κ1) is 16.0. The molecule has 1 unspecified atom stereocenters. The number of carbonyl (C=O) groups is 2. The van der Waals surface area contributed by atoms with Gasteiger partial charge in [0.25, 0.3) is 0 Å². The maximum Gasteiger partial charge on any atom is 0.310 e. The van der Waals surface area contributed by atoms with E-state index in [9.17, 15) is 9.59 Å². The van der Waals surface area contributed by atoms with Gasteiger partial charge in [-0.05, 0) is 39.3 Å². The number of esters is 2. The van der Waals surface area contributed by atoms with E-state index >= 15 is 0 Å². The van der Waals surface area contributed by atoms with Crippen LogP contribution in [0, 0.1) is 5.92 Å². The Morgan fingerprint density at radius 3 is 2.74 bits per heavy atom. The molecule has 0 aromatic heterocycles. The Morgan fingerprint density at radius 1 is 1.26 bits per heavy atom. The van der Waals surface area contributed by atoms with Crippen LogP contribution in [0.3, 0.4) is 0 Å². The number of carbonyl (C=O) groups excluding carboxylic acids is 2. The molecule has 0 amide bonds. The van der Waals surface area contributed by atoms with Crippen LogP contribution in [0.5, 0.6) is 0 Å². The highest BCUT2D eigenvalue weighted by atomic mass is 16.5. The highest BCUT2D eigenvalue weighted by Crippen LogP contribution is 2.18. The van der Waals surface area contributed by atoms with Crippen molar-refractivity contribution in [2.24, 2.45) is 5.92 Å². The van der Waals surface area contributed by atoms with Crippen molar-refractivity contribution in [3.63, 3.8) is 0 Å². The van der Waals surface area contributed by atoms with E-state index in [4.69, 9.17) is 9.47 Å². The molecule has 0 bridgehead atoms. The maximum atomic E-state index is 11.4. The van der Waals surface area contributed by atoms with Crippen LogP contribution in [0.2, 0.25) is 0 Å². The van der Waals surface area contributed by atoms with Gasteiger partial charge in [0.1, 0.15) is 0 Å². The third kappa shape index (κ3) is 6.05. The summed E-state index contributed by atoms with van der Waals surface area (Å²) in [5.74, 6) is -0.149. The zero-order chi connectivity index (χ0) is 14.1. The molecule has 19 heavy (non-hydrogen) atoms. The molecule has 1 atom stereocenters. The Morgan fingerprint density at radius 2 is 2.05 bits per heavy atom. The fourth-order valence-electron chi connectivity index (χ4n) is 2.41. The number of ether oxygens (including phenoxy) is 2. The summed E-state index contributed by atoms with van der Waals surface area (Å²) in [4.78, 5) is 24.8. The Balaban J connectivity index is 2.02. The quantitative estimate of drug-likeness (QED) is 0.496. The van der Waals surface area contributed by atoms with Gasteiger partial charge < -0.3 is 14.4 Å². The summed E-state index contributed by atoms with van der Waals surface area (Å²) in [6, 6.07) is 0. The van der Waals surface area contributed by atoms with Gasteiger partial charge in [-0.2, -0.15) is 0 Å². The molecule has 0 N–H and O–H groups in total. The van der Waals surface area contributed by atoms with E-state index in [2.05, 4.69) is 4.90 Å². The van der Waals surface area contributed by atoms with Crippen molar-refractivity contribution in [3.8, 4) is 0 Å². The zero-order valence-electron chi connectivity index (χ0n) is 12.0. The Labute approximate surface area is 115 Å². The van der Waals surface area contributed by atoms with E-state index in [1.54, 1.807) is 0 Å². The number of nitrogens with zero attached hydrogens (tertiary/aromatic N) is 1. The molecule has 0 aromatic carbocycles. The Kier molecular flexibility index (Phi) is 7.48. The predicted octanol–water partition coefficient (Wildman–Crippen LogP) is 1.60. The fraction of sp³-hybridized carbons (Fsp3) is 0.857. The summed E-state index contributed by atoms with van der Waals surface area (Å²) in [6.07, 6.45) is 4.38. The second kappa shape index (κ2) is 8.91. The Bertz CT molecular complexity index is 293. The van der Waals surface area contributed by atoms with E-state index in [1.165, 1.54) is 7.11 Å². The number of hydrogen-bond acceptors (Lipinski definition) is 5. The number of methoxy groups -OCH3 is 1. The Hall–Kier alpha value is -1.10. The van der Waals surface area contributed by atoms with Crippen molar-refractivity contribution in [1.82, 2.24) is 4.90 Å². The standard InChI is InChI=1S/C14H25NO4/c1-3-19-13(16)7-5-4-6-9-15-10-8-12(11-15)14(17)18-2/h12H,3-11H2,1-2H3. The van der Waals surface area contributed by atoms with Crippen molar-refractivity contribution in [3.05, 3.63) is 0 Å². The first-order chi connectivity index (χ1) is 9.17. The van der Waals surface area contributed by atoms with Gasteiger partial charge in [0.05, 0.1) is 19.6 Å². The molecular formula is C14H25NO4. The molecule has 1 aliphatic rings. The summed E-state index contributed by atoms with van der Waals surface area (Å²) in [7, 11) is 1.44. The van der Waals surface area contributed by atoms with Gasteiger partial charge in [-0.25, -0.2) is 0 Å². The van der Waals surface area contributed by atoms with Gasteiger partial charge >= 0.3 is 11.9 Å². The monoisotopic (exact) mass is 271 g/mol. The molecule has 1 aliphatic heterocycles. The maximum absolute atomic E-state index is 11.4. The molecule has 1 fully saturated rings. The highest BCUT2D eigenvalue weighted by molar-refractivity contribution is 5.72. The molecule has 5 heteroatoms. The lowest BCUT2D eigenvalue weighted by Gasteiger charge is -2.14. The first-order valence-corrected chi connectivity index (χ1v) is 7.13. The van der Waals surface area contributed by atoms with Crippen LogP contribution in [-0.2, 0) is 19.1 Å². The van der Waals surface area contributed by atoms with Crippen LogP contribution >= 0.6 is 0 Å². The summed E-state index contributed by atoms with van der Waals surface area (Å²) < 4.78 is 9.63. The largest absolute Gasteiger partial charge is 0.469 e. The lowest BCUT2D eigenvalue weighted by Crippen LogP contribution is -2.24. The van der Waals surface area contributed by atoms with E-state index in [0.717, 1.165) is 45.3 Å². The van der Waals surface area contributed by atoms with Gasteiger partial charge in [0, 0.05) is 13.0 Å². The highest BCUT2D eigenvalue weighted by Gasteiger charge is 2.28. The van der Waals surface area contributed by atoms with Crippen LogP contribution in [-0.4, -0.2) is 50.2 Å². The molecule has 0 aliphatic carbocycles. The lowest BCUT2D eigenvalue weighted by molar-refractivity contribution is -0.145.